The van der Waals surface area contributed by atoms with Gasteiger partial charge in [-0.2, -0.15) is 0 Å². The number of aryl methyl sites for hydroxylation is 2. The van der Waals surface area contributed by atoms with Crippen LogP contribution in [0.1, 0.15) is 17.5 Å². The largest absolute Gasteiger partial charge is 0.481 e. The molecule has 1 aromatic carbocycles. The summed E-state index contributed by atoms with van der Waals surface area (Å²) in [6, 6.07) is 7.94. The topological polar surface area (TPSA) is 37.3 Å². The molecule has 1 N–H and O–H groups in total. The lowest BCUT2D eigenvalue weighted by Gasteiger charge is -1.98. The van der Waals surface area contributed by atoms with E-state index in [9.17, 15) is 4.79 Å². The van der Waals surface area contributed by atoms with Crippen LogP contribution in [0.4, 0.5) is 0 Å². The molecule has 2 nitrogen and oxygen atoms in total. The fraction of sp³-hybridized carbons (Fsp3) is 0.300. The second kappa shape index (κ2) is 3.90. The van der Waals surface area contributed by atoms with E-state index < -0.39 is 5.97 Å². The molecule has 0 aliphatic rings. The first-order chi connectivity index (χ1) is 5.68. The monoisotopic (exact) mass is 164 g/mol. The molecule has 0 atom stereocenters. The Morgan fingerprint density at radius 2 is 1.92 bits per heavy atom. The fourth-order valence-electron chi connectivity index (χ4n) is 1.01. The summed E-state index contributed by atoms with van der Waals surface area (Å²) in [7, 11) is 0. The van der Waals surface area contributed by atoms with E-state index in [-0.39, 0.29) is 6.42 Å². The summed E-state index contributed by atoms with van der Waals surface area (Å²) in [5.74, 6) is -0.740. The number of rotatable bonds is 3. The Hall–Kier alpha value is -1.31. The molecule has 0 unspecified atom stereocenters. The minimum Gasteiger partial charge on any atom is -0.481 e. The summed E-state index contributed by atoms with van der Waals surface area (Å²) >= 11 is 0. The van der Waals surface area contributed by atoms with Crippen molar-refractivity contribution in [3.63, 3.8) is 0 Å². The van der Waals surface area contributed by atoms with Crippen molar-refractivity contribution in [1.29, 1.82) is 0 Å². The highest BCUT2D eigenvalue weighted by molar-refractivity contribution is 5.67. The summed E-state index contributed by atoms with van der Waals surface area (Å²) < 4.78 is 0. The van der Waals surface area contributed by atoms with Crippen molar-refractivity contribution in [3.8, 4) is 0 Å². The predicted molar refractivity (Wildman–Crippen MR) is 47.1 cm³/mol. The Kier molecular flexibility index (Phi) is 2.86. The molecule has 1 aromatic rings. The van der Waals surface area contributed by atoms with E-state index in [1.807, 2.05) is 31.2 Å². The highest BCUT2D eigenvalue weighted by Crippen LogP contribution is 2.05. The highest BCUT2D eigenvalue weighted by atomic mass is 16.4. The van der Waals surface area contributed by atoms with E-state index >= 15 is 0 Å². The van der Waals surface area contributed by atoms with Gasteiger partial charge < -0.3 is 5.11 Å². The van der Waals surface area contributed by atoms with Crippen LogP contribution in [-0.2, 0) is 11.2 Å². The molecule has 0 amide bonds. The van der Waals surface area contributed by atoms with Gasteiger partial charge in [0.15, 0.2) is 0 Å². The molecular formula is C10H12O2. The van der Waals surface area contributed by atoms with Gasteiger partial charge in [-0.1, -0.05) is 29.8 Å². The van der Waals surface area contributed by atoms with E-state index in [1.54, 1.807) is 0 Å². The second-order valence-electron chi connectivity index (χ2n) is 2.88. The third-order valence-electron chi connectivity index (χ3n) is 1.75. The third-order valence-corrected chi connectivity index (χ3v) is 1.75. The van der Waals surface area contributed by atoms with Gasteiger partial charge in [0.1, 0.15) is 0 Å². The number of carbonyl (C=O) groups is 1. The molecule has 0 radical (unpaired) electrons. The van der Waals surface area contributed by atoms with Crippen LogP contribution in [0.5, 0.6) is 0 Å². The quantitative estimate of drug-likeness (QED) is 0.742. The van der Waals surface area contributed by atoms with Crippen molar-refractivity contribution in [2.24, 2.45) is 0 Å². The number of carboxylic acids is 1. The molecular weight excluding hydrogens is 152 g/mol. The highest BCUT2D eigenvalue weighted by Gasteiger charge is 1.97. The van der Waals surface area contributed by atoms with E-state index in [1.165, 1.54) is 5.56 Å². The second-order valence-corrected chi connectivity index (χ2v) is 2.88. The van der Waals surface area contributed by atoms with Gasteiger partial charge in [-0.05, 0) is 18.9 Å². The summed E-state index contributed by atoms with van der Waals surface area (Å²) in [6.45, 7) is 2.01. The molecule has 1 rings (SSSR count). The Morgan fingerprint density at radius 1 is 1.33 bits per heavy atom. The van der Waals surface area contributed by atoms with Gasteiger partial charge in [0.25, 0.3) is 0 Å². The maximum absolute atomic E-state index is 10.2. The molecule has 0 bridgehead atoms. The molecule has 0 heterocycles. The van der Waals surface area contributed by atoms with E-state index in [0.717, 1.165) is 5.56 Å². The average Bonchev–Trinajstić information content (AvgIpc) is 2.03. The first kappa shape index (κ1) is 8.78. The number of aliphatic carboxylic acids is 1. The SMILES string of the molecule is Cc1ccc(CCC(=O)O)cc1. The molecule has 0 saturated heterocycles. The van der Waals surface area contributed by atoms with Crippen LogP contribution in [0.25, 0.3) is 0 Å². The Morgan fingerprint density at radius 3 is 2.42 bits per heavy atom. The lowest BCUT2D eigenvalue weighted by atomic mass is 10.1. The van der Waals surface area contributed by atoms with E-state index in [2.05, 4.69) is 0 Å². The molecule has 12 heavy (non-hydrogen) atoms. The maximum atomic E-state index is 10.2. The van der Waals surface area contributed by atoms with Crippen LogP contribution in [0.15, 0.2) is 24.3 Å². The lowest BCUT2D eigenvalue weighted by molar-refractivity contribution is -0.136. The van der Waals surface area contributed by atoms with Crippen molar-refractivity contribution >= 4 is 5.97 Å². The zero-order chi connectivity index (χ0) is 8.97. The molecule has 0 fully saturated rings. The fourth-order valence-corrected chi connectivity index (χ4v) is 1.01. The van der Waals surface area contributed by atoms with Gasteiger partial charge in [0, 0.05) is 6.42 Å². The molecule has 0 aliphatic carbocycles. The van der Waals surface area contributed by atoms with Crippen molar-refractivity contribution < 1.29 is 9.90 Å². The Bertz CT molecular complexity index is 262. The van der Waals surface area contributed by atoms with Gasteiger partial charge in [0.05, 0.1) is 0 Å². The third kappa shape index (κ3) is 2.74. The standard InChI is InChI=1S/C10H12O2/c1-8-2-4-9(5-3-8)6-7-10(11)12/h2-5H,6-7H2,1H3,(H,11,12). The van der Waals surface area contributed by atoms with Gasteiger partial charge in [-0.25, -0.2) is 0 Å². The number of hydrogen-bond acceptors (Lipinski definition) is 1. The van der Waals surface area contributed by atoms with Crippen molar-refractivity contribution in [1.82, 2.24) is 0 Å². The zero-order valence-electron chi connectivity index (χ0n) is 7.08. The van der Waals surface area contributed by atoms with Crippen LogP contribution < -0.4 is 0 Å². The van der Waals surface area contributed by atoms with Crippen LogP contribution in [0.3, 0.4) is 0 Å². The minimum absolute atomic E-state index is 0.211. The minimum atomic E-state index is -0.740. The van der Waals surface area contributed by atoms with Crippen LogP contribution in [-0.4, -0.2) is 11.1 Å². The van der Waals surface area contributed by atoms with Gasteiger partial charge >= 0.3 is 5.97 Å². The van der Waals surface area contributed by atoms with Gasteiger partial charge in [-0.3, -0.25) is 4.79 Å². The number of carboxylic acid groups (broad SMARTS) is 1. The molecule has 2 heteroatoms. The predicted octanol–water partition coefficient (Wildman–Crippen LogP) is 2.01. The first-order valence-electron chi connectivity index (χ1n) is 3.96. The summed E-state index contributed by atoms with van der Waals surface area (Å²) in [4.78, 5) is 10.2. The van der Waals surface area contributed by atoms with Gasteiger partial charge in [0.2, 0.25) is 0 Å². The molecule has 0 aliphatic heterocycles. The Labute approximate surface area is 71.8 Å². The van der Waals surface area contributed by atoms with Gasteiger partial charge in [-0.15, -0.1) is 0 Å². The van der Waals surface area contributed by atoms with Crippen LogP contribution in [0, 0.1) is 6.92 Å². The van der Waals surface area contributed by atoms with E-state index in [0.29, 0.717) is 6.42 Å². The smallest absolute Gasteiger partial charge is 0.303 e. The zero-order valence-corrected chi connectivity index (χ0v) is 7.08. The summed E-state index contributed by atoms with van der Waals surface area (Å²) in [5.41, 5.74) is 2.29. The first-order valence-corrected chi connectivity index (χ1v) is 3.96. The molecule has 64 valence electrons. The van der Waals surface area contributed by atoms with Crippen molar-refractivity contribution in [2.75, 3.05) is 0 Å². The Balaban J connectivity index is 2.53. The number of hydrogen-bond donors (Lipinski definition) is 1. The summed E-state index contributed by atoms with van der Waals surface area (Å²) in [5, 5.41) is 8.43. The van der Waals surface area contributed by atoms with E-state index in [4.69, 9.17) is 5.11 Å². The lowest BCUT2D eigenvalue weighted by Crippen LogP contribution is -1.97. The average molecular weight is 164 g/mol. The normalized spacial score (nSPS) is 9.75. The van der Waals surface area contributed by atoms with Crippen LogP contribution in [0.2, 0.25) is 0 Å². The molecule has 0 aromatic heterocycles. The maximum Gasteiger partial charge on any atom is 0.303 e. The number of benzene rings is 1. The van der Waals surface area contributed by atoms with Crippen LogP contribution >= 0.6 is 0 Å². The van der Waals surface area contributed by atoms with Crippen molar-refractivity contribution in [2.45, 2.75) is 19.8 Å². The van der Waals surface area contributed by atoms with Crippen molar-refractivity contribution in [3.05, 3.63) is 35.4 Å². The molecule has 0 spiro atoms. The molecule has 0 saturated carbocycles. The summed E-state index contributed by atoms with van der Waals surface area (Å²) in [6.07, 6.45) is 0.832.